The van der Waals surface area contributed by atoms with Gasteiger partial charge in [0.1, 0.15) is 0 Å². The number of carboxylic acids is 1. The van der Waals surface area contributed by atoms with E-state index in [0.717, 1.165) is 41.9 Å². The van der Waals surface area contributed by atoms with Crippen molar-refractivity contribution < 1.29 is 14.7 Å². The molecule has 1 aliphatic heterocycles. The first-order chi connectivity index (χ1) is 18.2. The minimum atomic E-state index is -0.741. The van der Waals surface area contributed by atoms with Crippen molar-refractivity contribution in [3.8, 4) is 0 Å². The summed E-state index contributed by atoms with van der Waals surface area (Å²) in [5.74, 6) is -0.296. The molecule has 5 nitrogen and oxygen atoms in total. The standard InChI is InChI=1S/C29H32N2O.C4H8O2/c1-4-22(3)25-12-9-11-23(20-25)10-7-8-19-31-27-14-6-5-13-26(27)30-29(31)28(32)24-17-15-21(2)16-18-24;1-3(2)4(5)6/h5-7,9-18,20,22,29-30H,4,8,19H2,1-3H3;3H,1-2H3,(H,5,6)/b10-7+;. The lowest BCUT2D eigenvalue weighted by atomic mass is 9.97. The van der Waals surface area contributed by atoms with Gasteiger partial charge in [-0.3, -0.25) is 9.59 Å². The number of nitrogens with zero attached hydrogens (tertiary/aromatic N) is 1. The fourth-order valence-electron chi connectivity index (χ4n) is 4.18. The maximum atomic E-state index is 13.3. The maximum Gasteiger partial charge on any atom is 0.305 e. The molecule has 0 saturated carbocycles. The van der Waals surface area contributed by atoms with Crippen molar-refractivity contribution in [1.82, 2.24) is 0 Å². The van der Waals surface area contributed by atoms with E-state index in [0.29, 0.717) is 5.92 Å². The number of anilines is 2. The quantitative estimate of drug-likeness (QED) is 0.287. The van der Waals surface area contributed by atoms with Crippen LogP contribution >= 0.6 is 0 Å². The number of nitrogens with one attached hydrogen (secondary N) is 1. The van der Waals surface area contributed by atoms with Crippen molar-refractivity contribution in [2.24, 2.45) is 5.92 Å². The number of Topliss-reactive ketones (excluding diaryl/α,β-unsaturated/α-hetero) is 1. The molecule has 200 valence electrons. The summed E-state index contributed by atoms with van der Waals surface area (Å²) in [5.41, 5.74) is 6.62. The number of rotatable bonds is 9. The van der Waals surface area contributed by atoms with E-state index in [9.17, 15) is 9.59 Å². The number of carboxylic acid groups (broad SMARTS) is 1. The van der Waals surface area contributed by atoms with Crippen LogP contribution in [0.4, 0.5) is 11.4 Å². The first kappa shape index (κ1) is 28.7. The number of para-hydroxylation sites is 2. The number of aryl methyl sites for hydroxylation is 1. The van der Waals surface area contributed by atoms with Crippen molar-refractivity contribution >= 4 is 29.2 Å². The third kappa shape index (κ3) is 7.58. The molecule has 0 bridgehead atoms. The Morgan fingerprint density at radius 2 is 1.68 bits per heavy atom. The Kier molecular flexibility index (Phi) is 10.3. The van der Waals surface area contributed by atoms with E-state index in [4.69, 9.17) is 5.11 Å². The summed E-state index contributed by atoms with van der Waals surface area (Å²) < 4.78 is 0. The van der Waals surface area contributed by atoms with Gasteiger partial charge in [0.05, 0.1) is 17.3 Å². The van der Waals surface area contributed by atoms with Crippen LogP contribution in [0.5, 0.6) is 0 Å². The van der Waals surface area contributed by atoms with E-state index in [1.807, 2.05) is 49.4 Å². The van der Waals surface area contributed by atoms with Crippen LogP contribution in [-0.2, 0) is 4.79 Å². The summed E-state index contributed by atoms with van der Waals surface area (Å²) in [4.78, 5) is 25.2. The van der Waals surface area contributed by atoms with Crippen LogP contribution in [0.15, 0.2) is 78.9 Å². The third-order valence-electron chi connectivity index (χ3n) is 6.83. The van der Waals surface area contributed by atoms with Gasteiger partial charge in [-0.1, -0.05) is 106 Å². The second-order valence-corrected chi connectivity index (χ2v) is 10.2. The number of carbonyl (C=O) groups excluding carboxylic acids is 1. The highest BCUT2D eigenvalue weighted by atomic mass is 16.4. The number of benzene rings is 3. The zero-order chi connectivity index (χ0) is 27.7. The molecular formula is C33H40N2O3. The number of hydrogen-bond donors (Lipinski definition) is 2. The lowest BCUT2D eigenvalue weighted by Crippen LogP contribution is -2.42. The molecule has 0 aromatic heterocycles. The Balaban J connectivity index is 0.000000599. The Morgan fingerprint density at radius 3 is 2.34 bits per heavy atom. The Morgan fingerprint density at radius 1 is 1.00 bits per heavy atom. The monoisotopic (exact) mass is 512 g/mol. The fraction of sp³-hybridized carbons (Fsp3) is 0.333. The molecule has 5 heteroatoms. The molecule has 38 heavy (non-hydrogen) atoms. The normalized spacial score (nSPS) is 15.0. The predicted octanol–water partition coefficient (Wildman–Crippen LogP) is 7.78. The van der Waals surface area contributed by atoms with Crippen molar-refractivity contribution in [1.29, 1.82) is 0 Å². The Bertz CT molecular complexity index is 1250. The van der Waals surface area contributed by atoms with Gasteiger partial charge in [-0.05, 0) is 48.9 Å². The first-order valence-electron chi connectivity index (χ1n) is 13.4. The Hall–Kier alpha value is -3.86. The van der Waals surface area contributed by atoms with Gasteiger partial charge in [0.25, 0.3) is 0 Å². The zero-order valence-electron chi connectivity index (χ0n) is 23.1. The van der Waals surface area contributed by atoms with Crippen LogP contribution in [0.3, 0.4) is 0 Å². The van der Waals surface area contributed by atoms with Crippen LogP contribution in [0.2, 0.25) is 0 Å². The number of aliphatic carboxylic acids is 1. The molecule has 0 fully saturated rings. The van der Waals surface area contributed by atoms with E-state index < -0.39 is 5.97 Å². The first-order valence-corrected chi connectivity index (χ1v) is 13.4. The number of fused-ring (bicyclic) bond motifs is 1. The highest BCUT2D eigenvalue weighted by Gasteiger charge is 2.33. The molecule has 3 aromatic rings. The molecule has 3 aromatic carbocycles. The van der Waals surface area contributed by atoms with E-state index in [-0.39, 0.29) is 17.9 Å². The molecule has 0 aliphatic carbocycles. The molecule has 2 N–H and O–H groups in total. The minimum Gasteiger partial charge on any atom is -0.481 e. The van der Waals surface area contributed by atoms with Gasteiger partial charge in [0.15, 0.2) is 6.17 Å². The second-order valence-electron chi connectivity index (χ2n) is 10.2. The van der Waals surface area contributed by atoms with Crippen LogP contribution in [-0.4, -0.2) is 29.6 Å². The maximum absolute atomic E-state index is 13.3. The highest BCUT2D eigenvalue weighted by molar-refractivity contribution is 6.05. The van der Waals surface area contributed by atoms with Gasteiger partial charge in [-0.15, -0.1) is 0 Å². The van der Waals surface area contributed by atoms with Gasteiger partial charge in [0.2, 0.25) is 5.78 Å². The summed E-state index contributed by atoms with van der Waals surface area (Å²) in [5, 5.41) is 11.4. The van der Waals surface area contributed by atoms with Gasteiger partial charge in [-0.2, -0.15) is 0 Å². The smallest absolute Gasteiger partial charge is 0.305 e. The molecule has 0 saturated heterocycles. The van der Waals surface area contributed by atoms with E-state index in [2.05, 4.69) is 66.5 Å². The second kappa shape index (κ2) is 13.6. The molecule has 0 spiro atoms. The van der Waals surface area contributed by atoms with Crippen molar-refractivity contribution in [2.45, 2.75) is 59.5 Å². The van der Waals surface area contributed by atoms with Gasteiger partial charge in [-0.25, -0.2) is 0 Å². The Labute approximate surface area is 227 Å². The van der Waals surface area contributed by atoms with Crippen LogP contribution in [0.1, 0.15) is 73.5 Å². The summed E-state index contributed by atoms with van der Waals surface area (Å²) in [6, 6.07) is 24.8. The topological polar surface area (TPSA) is 69.6 Å². The molecule has 2 unspecified atom stereocenters. The van der Waals surface area contributed by atoms with Crippen molar-refractivity contribution in [3.05, 3.63) is 101 Å². The minimum absolute atomic E-state index is 0.103. The number of hydrogen-bond acceptors (Lipinski definition) is 4. The average molecular weight is 513 g/mol. The van der Waals surface area contributed by atoms with Gasteiger partial charge < -0.3 is 15.3 Å². The predicted molar refractivity (Wildman–Crippen MR) is 158 cm³/mol. The highest BCUT2D eigenvalue weighted by Crippen LogP contribution is 2.35. The van der Waals surface area contributed by atoms with Crippen molar-refractivity contribution in [3.63, 3.8) is 0 Å². The van der Waals surface area contributed by atoms with E-state index >= 15 is 0 Å². The van der Waals surface area contributed by atoms with Crippen molar-refractivity contribution in [2.75, 3.05) is 16.8 Å². The molecule has 2 atom stereocenters. The molecular weight excluding hydrogens is 472 g/mol. The third-order valence-corrected chi connectivity index (χ3v) is 6.83. The van der Waals surface area contributed by atoms with E-state index in [1.54, 1.807) is 13.8 Å². The van der Waals surface area contributed by atoms with E-state index in [1.165, 1.54) is 11.1 Å². The lowest BCUT2D eigenvalue weighted by molar-refractivity contribution is -0.140. The summed E-state index contributed by atoms with van der Waals surface area (Å²) in [6.07, 6.45) is 6.03. The summed E-state index contributed by atoms with van der Waals surface area (Å²) in [6.45, 7) is 10.6. The lowest BCUT2D eigenvalue weighted by Gasteiger charge is -2.25. The molecule has 1 heterocycles. The van der Waals surface area contributed by atoms with Crippen LogP contribution in [0, 0.1) is 12.8 Å². The zero-order valence-corrected chi connectivity index (χ0v) is 23.1. The summed E-state index contributed by atoms with van der Waals surface area (Å²) in [7, 11) is 0. The molecule has 4 rings (SSSR count). The van der Waals surface area contributed by atoms with Crippen LogP contribution < -0.4 is 10.2 Å². The van der Waals surface area contributed by atoms with Crippen LogP contribution in [0.25, 0.3) is 6.08 Å². The average Bonchev–Trinajstić information content (AvgIpc) is 3.29. The number of ketones is 1. The number of carbonyl (C=O) groups is 2. The fourth-order valence-corrected chi connectivity index (χ4v) is 4.18. The largest absolute Gasteiger partial charge is 0.481 e. The molecule has 0 amide bonds. The molecule has 0 radical (unpaired) electrons. The van der Waals surface area contributed by atoms with Gasteiger partial charge in [0, 0.05) is 12.1 Å². The molecule has 1 aliphatic rings. The van der Waals surface area contributed by atoms with Gasteiger partial charge >= 0.3 is 5.97 Å². The SMILES string of the molecule is CC(C)C(=O)O.CCC(C)c1cccc(/C=C/CCN2c3ccccc3NC2C(=O)c2ccc(C)cc2)c1. The summed E-state index contributed by atoms with van der Waals surface area (Å²) >= 11 is 0.